The molecule has 0 saturated heterocycles. The molecule has 0 spiro atoms. The topological polar surface area (TPSA) is 338 Å². The van der Waals surface area contributed by atoms with Gasteiger partial charge in [-0.05, 0) is 111 Å². The van der Waals surface area contributed by atoms with Gasteiger partial charge < -0.3 is 74.8 Å². The van der Waals surface area contributed by atoms with E-state index in [0.29, 0.717) is 101 Å². The average molecular weight is 1680 g/mol. The molecule has 7 amide bonds. The van der Waals surface area contributed by atoms with E-state index in [1.807, 2.05) is 170 Å². The predicted octanol–water partition coefficient (Wildman–Crippen LogP) is 15.3. The van der Waals surface area contributed by atoms with Crippen LogP contribution >= 0.6 is 11.8 Å². The number of rotatable bonds is 56. The van der Waals surface area contributed by atoms with E-state index in [2.05, 4.69) is 127 Å². The van der Waals surface area contributed by atoms with E-state index in [4.69, 9.17) is 37.6 Å². The minimum Gasteiger partial charge on any atom is -0.493 e. The quantitative estimate of drug-likeness (QED) is 0.0258. The lowest BCUT2D eigenvalue weighted by Crippen LogP contribution is -2.50. The second-order valence-electron chi connectivity index (χ2n) is 44.2. The largest absolute Gasteiger partial charge is 0.493 e. The third-order valence-corrected chi connectivity index (χ3v) is 20.8. The zero-order valence-electron chi connectivity index (χ0n) is 78.8. The maximum absolute atomic E-state index is 14.2. The number of hydrogen-bond donors (Lipinski definition) is 7. The van der Waals surface area contributed by atoms with Crippen LogP contribution < -0.4 is 42.0 Å². The number of aromatic nitrogens is 5. The van der Waals surface area contributed by atoms with Crippen LogP contribution in [-0.4, -0.2) is 189 Å². The first-order valence-corrected chi connectivity index (χ1v) is 43.5. The number of hydrogen-bond acceptors (Lipinski definition) is 20. The van der Waals surface area contributed by atoms with Crippen LogP contribution in [-0.2, 0) is 69.3 Å². The van der Waals surface area contributed by atoms with Crippen molar-refractivity contribution in [3.05, 3.63) is 36.2 Å². The first kappa shape index (κ1) is 106. The zero-order chi connectivity index (χ0) is 89.9. The molecule has 0 aliphatic heterocycles. The van der Waals surface area contributed by atoms with Crippen molar-refractivity contribution in [3.63, 3.8) is 0 Å². The van der Waals surface area contributed by atoms with Crippen LogP contribution in [0.25, 0.3) is 11.5 Å². The smallest absolute Gasteiger partial charge is 0.408 e. The average Bonchev–Trinajstić information content (AvgIpc) is 1.65. The summed E-state index contributed by atoms with van der Waals surface area (Å²) in [5.74, 6) is 0.961. The summed E-state index contributed by atoms with van der Waals surface area (Å²) >= 11 is 1.49. The minimum absolute atomic E-state index is 0.0219. The summed E-state index contributed by atoms with van der Waals surface area (Å²) < 4.78 is 50.4. The highest BCUT2D eigenvalue weighted by molar-refractivity contribution is 7.99. The van der Waals surface area contributed by atoms with Crippen LogP contribution in [0.2, 0.25) is 0 Å². The molecule has 1 aromatic carbocycles. The van der Waals surface area contributed by atoms with Crippen molar-refractivity contribution in [1.82, 2.24) is 62.4 Å². The molecule has 0 saturated carbocycles. The van der Waals surface area contributed by atoms with Gasteiger partial charge in [0, 0.05) is 120 Å². The Morgan fingerprint density at radius 1 is 0.466 bits per heavy atom. The fourth-order valence-corrected chi connectivity index (χ4v) is 13.1. The van der Waals surface area contributed by atoms with Crippen LogP contribution in [0, 0.1) is 65.0 Å². The lowest BCUT2D eigenvalue weighted by Gasteiger charge is -2.33. The van der Waals surface area contributed by atoms with Crippen molar-refractivity contribution < 1.29 is 71.1 Å². The molecular weight excluding hydrogens is 1520 g/mol. The highest BCUT2D eigenvalue weighted by Gasteiger charge is 2.37. The molecule has 0 bridgehead atoms. The van der Waals surface area contributed by atoms with E-state index in [0.717, 1.165) is 30.6 Å². The minimum atomic E-state index is -1.19. The molecule has 0 radical (unpaired) electrons. The molecule has 28 heteroatoms. The maximum Gasteiger partial charge on any atom is 0.408 e. The summed E-state index contributed by atoms with van der Waals surface area (Å²) in [6.45, 7) is 68.6. The first-order chi connectivity index (χ1) is 53.8. The van der Waals surface area contributed by atoms with Crippen LogP contribution in [0.5, 0.6) is 5.75 Å². The lowest BCUT2D eigenvalue weighted by molar-refractivity contribution is -0.132. The van der Waals surface area contributed by atoms with Crippen molar-refractivity contribution in [1.29, 1.82) is 0 Å². The van der Waals surface area contributed by atoms with Gasteiger partial charge in [-0.3, -0.25) is 28.8 Å². The Kier molecular flexibility index (Phi) is 40.4. The van der Waals surface area contributed by atoms with Crippen LogP contribution in [0.15, 0.2) is 40.1 Å². The molecule has 3 rings (SSSR count). The first-order valence-electron chi connectivity index (χ1n) is 42.5. The summed E-state index contributed by atoms with van der Waals surface area (Å²) in [4.78, 5) is 94.7. The SMILES string of the molecule is CCSc1nnc(-c2ccc(OCCC(C)(C)OCCC(C)(C)n3cc(COC(=O)N[C@@H](CCC(=O)NCC(C)(C)COCC(C)(C)CC(=O)NCC(C)(C)COCC(C)(C)CNC(=O)C(C)(C)CC(C)(C)C)C(=O)NCC(C)(C)COCC(C)(C)CC(=O)NCC(C)(C)COCC(C)(C)CNC(=O)C(C)(C)CCC(C)(C)C)nn3)cc2)o1. The van der Waals surface area contributed by atoms with Crippen molar-refractivity contribution in [2.24, 2.45) is 65.0 Å². The lowest BCUT2D eigenvalue weighted by atomic mass is 9.75. The van der Waals surface area contributed by atoms with Gasteiger partial charge in [-0.15, -0.1) is 15.3 Å². The number of nitrogens with one attached hydrogen (secondary N) is 7. The van der Waals surface area contributed by atoms with Crippen molar-refractivity contribution in [2.45, 2.75) is 301 Å². The summed E-state index contributed by atoms with van der Waals surface area (Å²) in [5, 5.41) is 38.6. The monoisotopic (exact) mass is 1680 g/mol. The number of amides is 7. The van der Waals surface area contributed by atoms with Crippen molar-refractivity contribution in [3.8, 4) is 17.2 Å². The third-order valence-electron chi connectivity index (χ3n) is 20.1. The summed E-state index contributed by atoms with van der Waals surface area (Å²) in [7, 11) is 0. The molecule has 0 aliphatic carbocycles. The molecule has 1 atom stereocenters. The fraction of sp³-hybridized carbons (Fsp3) is 0.811. The number of alkyl carbamates (subject to hydrolysis) is 1. The molecule has 3 aromatic rings. The molecule has 0 fully saturated rings. The summed E-state index contributed by atoms with van der Waals surface area (Å²) in [6.07, 6.45) is 4.75. The summed E-state index contributed by atoms with van der Waals surface area (Å²) in [6, 6.07) is 6.33. The van der Waals surface area contributed by atoms with Crippen LogP contribution in [0.3, 0.4) is 0 Å². The number of benzene rings is 1. The molecule has 118 heavy (non-hydrogen) atoms. The van der Waals surface area contributed by atoms with E-state index >= 15 is 0 Å². The van der Waals surface area contributed by atoms with E-state index in [9.17, 15) is 33.6 Å². The maximum atomic E-state index is 14.2. The Hall–Kier alpha value is -6.46. The van der Waals surface area contributed by atoms with Gasteiger partial charge in [0.25, 0.3) is 5.22 Å². The number of carbonyl (C=O) groups excluding carboxylic acids is 7. The Bertz CT molecular complexity index is 3600. The second kappa shape index (κ2) is 45.1. The van der Waals surface area contributed by atoms with Crippen molar-refractivity contribution in [2.75, 3.05) is 111 Å². The van der Waals surface area contributed by atoms with Gasteiger partial charge in [0.1, 0.15) is 24.1 Å². The van der Waals surface area contributed by atoms with Gasteiger partial charge in [-0.25, -0.2) is 9.48 Å². The standard InChI is InChI=1S/C90H160N12O15S/c1-32-118-76-100-99-72(117-76)64-33-35-66(36-34-64)114-43-42-90(30,31)116-44-41-89(28,29)102-47-65(98-101-102)48-115-75(109)97-67(71(106)94-53-84(18,19)61-111-57-80(10,11)46-70(105)93-51-82(14,15)59-112-62-85(20,21)54-95-73(107)87(24,25)40-39-77(2,3)4)37-38-68(103)91-50-81(12,13)58-110-56-79(8,9)45-69(104)92-52-83(16,17)60-113-63-86(22,23)55-96-74(108)88(26,27)49-78(5,6)7/h33-36,47,67H,32,37-46,48-63H2,1-31H3,(H,91,103)(H,92,104)(H,93,105)(H,94,106)(H,95,107)(H,96,108)(H,97,109)/t67-/m0/s1. The Morgan fingerprint density at radius 3 is 1.35 bits per heavy atom. The predicted molar refractivity (Wildman–Crippen MR) is 468 cm³/mol. The molecular formula is C90H160N12O15S. The number of carbonyl (C=O) groups is 7. The number of thioether (sulfide) groups is 1. The van der Waals surface area contributed by atoms with Gasteiger partial charge >= 0.3 is 6.09 Å². The Balaban J connectivity index is 1.58. The van der Waals surface area contributed by atoms with Crippen LogP contribution in [0.4, 0.5) is 4.79 Å². The molecule has 27 nitrogen and oxygen atoms in total. The Morgan fingerprint density at radius 2 is 0.898 bits per heavy atom. The highest BCUT2D eigenvalue weighted by Crippen LogP contribution is 2.36. The molecule has 2 heterocycles. The van der Waals surface area contributed by atoms with E-state index in [1.165, 1.54) is 11.8 Å². The van der Waals surface area contributed by atoms with Gasteiger partial charge in [-0.1, -0.05) is 204 Å². The zero-order valence-corrected chi connectivity index (χ0v) is 79.6. The molecule has 0 aliphatic rings. The highest BCUT2D eigenvalue weighted by atomic mass is 32.2. The molecule has 7 N–H and O–H groups in total. The van der Waals surface area contributed by atoms with Crippen LogP contribution in [0.1, 0.15) is 278 Å². The second-order valence-corrected chi connectivity index (χ2v) is 45.4. The molecule has 2 aromatic heterocycles. The van der Waals surface area contributed by atoms with Gasteiger partial charge in [-0.2, -0.15) is 0 Å². The van der Waals surface area contributed by atoms with E-state index < -0.39 is 61.7 Å². The number of nitrogens with zero attached hydrogens (tertiary/aromatic N) is 5. The third kappa shape index (κ3) is 44.4. The van der Waals surface area contributed by atoms with Gasteiger partial charge in [0.2, 0.25) is 41.3 Å². The van der Waals surface area contributed by atoms with E-state index in [-0.39, 0.29) is 134 Å². The van der Waals surface area contributed by atoms with Gasteiger partial charge in [0.15, 0.2) is 0 Å². The molecule has 676 valence electrons. The van der Waals surface area contributed by atoms with Gasteiger partial charge in [0.05, 0.1) is 76.8 Å². The fourth-order valence-electron chi connectivity index (χ4n) is 12.6. The van der Waals surface area contributed by atoms with Crippen molar-refractivity contribution >= 4 is 53.3 Å². The normalized spacial score (nSPS) is 13.7. The molecule has 0 unspecified atom stereocenters. The van der Waals surface area contributed by atoms with E-state index in [1.54, 1.807) is 10.9 Å². The Labute approximate surface area is 714 Å². The summed E-state index contributed by atoms with van der Waals surface area (Å²) in [5.41, 5.74) is -4.20. The number of ether oxygens (including phenoxy) is 7.